The average Bonchev–Trinajstić information content (AvgIpc) is 3.21. The van der Waals surface area contributed by atoms with Crippen LogP contribution >= 0.6 is 11.3 Å². The number of aromatic nitrogens is 1. The SMILES string of the molecule is CCCCOC(=O)c1ccc(Nc2csc(N=Cc3ccc(OCC)cc3)n2)cc1. The maximum absolute atomic E-state index is 12.0. The number of nitrogens with zero attached hydrogens (tertiary/aromatic N) is 2. The third kappa shape index (κ3) is 6.42. The maximum Gasteiger partial charge on any atom is 0.338 e. The zero-order valence-electron chi connectivity index (χ0n) is 17.1. The van der Waals surface area contributed by atoms with Crippen LogP contribution in [0.1, 0.15) is 42.6 Å². The molecule has 0 aliphatic carbocycles. The van der Waals surface area contributed by atoms with Crippen molar-refractivity contribution >= 4 is 40.2 Å². The first-order valence-corrected chi connectivity index (χ1v) is 10.8. The van der Waals surface area contributed by atoms with E-state index < -0.39 is 0 Å². The van der Waals surface area contributed by atoms with Crippen LogP contribution in [0.3, 0.4) is 0 Å². The second-order valence-corrected chi connectivity index (χ2v) is 7.30. The molecule has 3 rings (SSSR count). The lowest BCUT2D eigenvalue weighted by atomic mass is 10.2. The Bertz CT molecular complexity index is 966. The van der Waals surface area contributed by atoms with Gasteiger partial charge in [-0.25, -0.2) is 14.8 Å². The summed E-state index contributed by atoms with van der Waals surface area (Å²) in [6.45, 7) is 5.12. The second-order valence-electron chi connectivity index (χ2n) is 6.47. The molecule has 0 aliphatic rings. The first-order chi connectivity index (χ1) is 14.7. The van der Waals surface area contributed by atoms with Crippen LogP contribution in [0.4, 0.5) is 16.6 Å². The van der Waals surface area contributed by atoms with Gasteiger partial charge in [0, 0.05) is 17.3 Å². The Labute approximate surface area is 180 Å². The van der Waals surface area contributed by atoms with Gasteiger partial charge in [0.25, 0.3) is 0 Å². The minimum atomic E-state index is -0.297. The van der Waals surface area contributed by atoms with Crippen molar-refractivity contribution in [2.45, 2.75) is 26.7 Å². The van der Waals surface area contributed by atoms with E-state index in [9.17, 15) is 4.79 Å². The number of carbonyl (C=O) groups excluding carboxylic acids is 1. The molecule has 0 radical (unpaired) electrons. The van der Waals surface area contributed by atoms with E-state index in [2.05, 4.69) is 22.2 Å². The van der Waals surface area contributed by atoms with Crippen molar-refractivity contribution in [2.75, 3.05) is 18.5 Å². The summed E-state index contributed by atoms with van der Waals surface area (Å²) in [6.07, 6.45) is 3.64. The van der Waals surface area contributed by atoms with Crippen LogP contribution in [0.25, 0.3) is 0 Å². The van der Waals surface area contributed by atoms with Crippen LogP contribution in [0.2, 0.25) is 0 Å². The van der Waals surface area contributed by atoms with Crippen LogP contribution in [-0.2, 0) is 4.74 Å². The molecular formula is C23H25N3O3S. The van der Waals surface area contributed by atoms with Crippen molar-refractivity contribution < 1.29 is 14.3 Å². The van der Waals surface area contributed by atoms with Crippen LogP contribution in [0, 0.1) is 0 Å². The third-order valence-electron chi connectivity index (χ3n) is 4.13. The van der Waals surface area contributed by atoms with Crippen LogP contribution in [-0.4, -0.2) is 30.4 Å². The minimum absolute atomic E-state index is 0.297. The number of rotatable bonds is 10. The van der Waals surface area contributed by atoms with Gasteiger partial charge in [-0.2, -0.15) is 0 Å². The summed E-state index contributed by atoms with van der Waals surface area (Å²) >= 11 is 1.45. The van der Waals surface area contributed by atoms with E-state index in [4.69, 9.17) is 9.47 Å². The summed E-state index contributed by atoms with van der Waals surface area (Å²) < 4.78 is 10.7. The molecule has 1 N–H and O–H groups in total. The van der Waals surface area contributed by atoms with Crippen molar-refractivity contribution in [3.63, 3.8) is 0 Å². The Hall–Kier alpha value is -3.19. The van der Waals surface area contributed by atoms with Gasteiger partial charge in [-0.15, -0.1) is 11.3 Å². The lowest BCUT2D eigenvalue weighted by Crippen LogP contribution is -2.06. The fourth-order valence-corrected chi connectivity index (χ4v) is 3.15. The molecule has 6 nitrogen and oxygen atoms in total. The van der Waals surface area contributed by atoms with Gasteiger partial charge in [-0.1, -0.05) is 13.3 Å². The Morgan fingerprint density at radius 2 is 1.90 bits per heavy atom. The Morgan fingerprint density at radius 1 is 1.13 bits per heavy atom. The van der Waals surface area contributed by atoms with Crippen molar-refractivity contribution in [2.24, 2.45) is 4.99 Å². The zero-order chi connectivity index (χ0) is 21.2. The van der Waals surface area contributed by atoms with E-state index in [1.54, 1.807) is 18.3 Å². The summed E-state index contributed by atoms with van der Waals surface area (Å²) in [4.78, 5) is 20.9. The summed E-state index contributed by atoms with van der Waals surface area (Å²) in [6, 6.07) is 14.9. The number of hydrogen-bond donors (Lipinski definition) is 1. The molecule has 7 heteroatoms. The number of hydrogen-bond acceptors (Lipinski definition) is 7. The average molecular weight is 424 g/mol. The van der Waals surface area contributed by atoms with E-state index >= 15 is 0 Å². The molecule has 0 saturated heterocycles. The van der Waals surface area contributed by atoms with Gasteiger partial charge in [-0.05, 0) is 67.4 Å². The highest BCUT2D eigenvalue weighted by molar-refractivity contribution is 7.13. The summed E-state index contributed by atoms with van der Waals surface area (Å²) in [5.74, 6) is 1.25. The third-order valence-corrected chi connectivity index (χ3v) is 4.88. The van der Waals surface area contributed by atoms with Gasteiger partial charge < -0.3 is 14.8 Å². The van der Waals surface area contributed by atoms with E-state index in [0.29, 0.717) is 29.7 Å². The van der Waals surface area contributed by atoms with Crippen molar-refractivity contribution in [1.82, 2.24) is 4.98 Å². The van der Waals surface area contributed by atoms with Gasteiger partial charge in [0.1, 0.15) is 11.6 Å². The van der Waals surface area contributed by atoms with Gasteiger partial charge in [0.15, 0.2) is 0 Å². The molecule has 2 aromatic carbocycles. The number of anilines is 2. The number of aliphatic imine (C=N–C) groups is 1. The molecule has 1 aromatic heterocycles. The molecule has 156 valence electrons. The summed E-state index contributed by atoms with van der Waals surface area (Å²) in [5, 5.41) is 5.77. The quantitative estimate of drug-likeness (QED) is 0.246. The molecule has 3 aromatic rings. The molecular weight excluding hydrogens is 398 g/mol. The highest BCUT2D eigenvalue weighted by atomic mass is 32.1. The number of esters is 1. The molecule has 0 aliphatic heterocycles. The lowest BCUT2D eigenvalue weighted by Gasteiger charge is -2.06. The summed E-state index contributed by atoms with van der Waals surface area (Å²) in [5.41, 5.74) is 2.35. The van der Waals surface area contributed by atoms with Crippen molar-refractivity contribution in [1.29, 1.82) is 0 Å². The zero-order valence-corrected chi connectivity index (χ0v) is 17.9. The highest BCUT2D eigenvalue weighted by Gasteiger charge is 2.07. The molecule has 0 bridgehead atoms. The van der Waals surface area contributed by atoms with E-state index in [1.807, 2.05) is 48.7 Å². The van der Waals surface area contributed by atoms with E-state index in [0.717, 1.165) is 29.8 Å². The summed E-state index contributed by atoms with van der Waals surface area (Å²) in [7, 11) is 0. The number of ether oxygens (including phenoxy) is 2. The van der Waals surface area contributed by atoms with Gasteiger partial charge in [0.05, 0.1) is 18.8 Å². The van der Waals surface area contributed by atoms with Crippen molar-refractivity contribution in [3.05, 3.63) is 65.0 Å². The molecule has 0 saturated carbocycles. The number of benzene rings is 2. The fourth-order valence-electron chi connectivity index (χ4n) is 2.56. The lowest BCUT2D eigenvalue weighted by molar-refractivity contribution is 0.0500. The van der Waals surface area contributed by atoms with Crippen LogP contribution in [0.5, 0.6) is 5.75 Å². The van der Waals surface area contributed by atoms with Gasteiger partial charge in [0.2, 0.25) is 5.13 Å². The molecule has 0 spiro atoms. The molecule has 0 fully saturated rings. The Balaban J connectivity index is 1.55. The predicted octanol–water partition coefficient (Wildman–Crippen LogP) is 5.99. The number of nitrogens with one attached hydrogen (secondary N) is 1. The van der Waals surface area contributed by atoms with E-state index in [-0.39, 0.29) is 5.97 Å². The van der Waals surface area contributed by atoms with Crippen LogP contribution < -0.4 is 10.1 Å². The number of unbranched alkanes of at least 4 members (excludes halogenated alkanes) is 1. The number of carbonyl (C=O) groups is 1. The topological polar surface area (TPSA) is 72.8 Å². The van der Waals surface area contributed by atoms with Crippen molar-refractivity contribution in [3.8, 4) is 5.75 Å². The monoisotopic (exact) mass is 423 g/mol. The van der Waals surface area contributed by atoms with Gasteiger partial charge >= 0.3 is 5.97 Å². The maximum atomic E-state index is 12.0. The molecule has 0 atom stereocenters. The first kappa shape index (κ1) is 21.5. The predicted molar refractivity (Wildman–Crippen MR) is 122 cm³/mol. The Kier molecular flexibility index (Phi) is 7.97. The van der Waals surface area contributed by atoms with E-state index in [1.165, 1.54) is 11.3 Å². The van der Waals surface area contributed by atoms with Crippen LogP contribution in [0.15, 0.2) is 58.9 Å². The standard InChI is InChI=1S/C23H25N3O3S/c1-3-5-14-29-22(27)18-8-10-19(11-9-18)25-21-16-30-23(26-21)24-15-17-6-12-20(13-7-17)28-4-2/h6-13,15-16,25H,3-5,14H2,1-2H3. The smallest absolute Gasteiger partial charge is 0.338 e. The normalized spacial score (nSPS) is 10.9. The fraction of sp³-hybridized carbons (Fsp3) is 0.261. The second kappa shape index (κ2) is 11.1. The molecule has 0 amide bonds. The Morgan fingerprint density at radius 3 is 2.60 bits per heavy atom. The largest absolute Gasteiger partial charge is 0.494 e. The molecule has 0 unspecified atom stereocenters. The minimum Gasteiger partial charge on any atom is -0.494 e. The van der Waals surface area contributed by atoms with Gasteiger partial charge in [-0.3, -0.25) is 0 Å². The highest BCUT2D eigenvalue weighted by Crippen LogP contribution is 2.25. The number of thiazole rings is 1. The first-order valence-electron chi connectivity index (χ1n) is 9.94. The molecule has 30 heavy (non-hydrogen) atoms. The molecule has 1 heterocycles.